The highest BCUT2D eigenvalue weighted by Gasteiger charge is 2.14. The highest BCUT2D eigenvalue weighted by Crippen LogP contribution is 2.17. The molecule has 0 bridgehead atoms. The molecule has 0 atom stereocenters. The fourth-order valence-corrected chi connectivity index (χ4v) is 2.58. The lowest BCUT2D eigenvalue weighted by Crippen LogP contribution is -2.37. The van der Waals surface area contributed by atoms with Crippen LogP contribution in [0.25, 0.3) is 0 Å². The first kappa shape index (κ1) is 14.9. The molecule has 0 unspecified atom stereocenters. The molecule has 1 aromatic carbocycles. The first-order valence-electron chi connectivity index (χ1n) is 7.40. The molecule has 0 heterocycles. The average molecular weight is 277 g/mol. The van der Waals surface area contributed by atoms with Crippen molar-refractivity contribution in [3.05, 3.63) is 29.8 Å². The second kappa shape index (κ2) is 7.90. The number of rotatable bonds is 5. The van der Waals surface area contributed by atoms with Gasteiger partial charge in [0.1, 0.15) is 5.75 Å². The first-order valence-corrected chi connectivity index (χ1v) is 7.40. The van der Waals surface area contributed by atoms with Gasteiger partial charge in [-0.2, -0.15) is 0 Å². The summed E-state index contributed by atoms with van der Waals surface area (Å²) < 4.78 is 5.46. The number of carbonyl (C=O) groups excluding carboxylic acids is 1. The van der Waals surface area contributed by atoms with Crippen LogP contribution in [0.3, 0.4) is 0 Å². The molecule has 1 aromatic rings. The van der Waals surface area contributed by atoms with E-state index in [1.54, 1.807) is 12.1 Å². The minimum atomic E-state index is -0.0636. The lowest BCUT2D eigenvalue weighted by atomic mass is 10.1. The molecule has 2 rings (SSSR count). The molecule has 1 aliphatic rings. The third-order valence-electron chi connectivity index (χ3n) is 3.67. The van der Waals surface area contributed by atoms with Gasteiger partial charge in [-0.15, -0.1) is 0 Å². The lowest BCUT2D eigenvalue weighted by molar-refractivity contribution is -0.123. The van der Waals surface area contributed by atoms with E-state index in [9.17, 15) is 4.79 Å². The minimum Gasteiger partial charge on any atom is -0.484 e. The van der Waals surface area contributed by atoms with Crippen molar-refractivity contribution in [3.8, 4) is 5.75 Å². The van der Waals surface area contributed by atoms with Crippen LogP contribution in [-0.4, -0.2) is 23.7 Å². The molecule has 1 fully saturated rings. The number of ether oxygens (including phenoxy) is 1. The summed E-state index contributed by atoms with van der Waals surface area (Å²) in [5, 5.41) is 12.1. The maximum Gasteiger partial charge on any atom is 0.258 e. The molecule has 1 amide bonds. The summed E-state index contributed by atoms with van der Waals surface area (Å²) in [5.74, 6) is 0.555. The van der Waals surface area contributed by atoms with E-state index in [2.05, 4.69) is 5.32 Å². The number of aliphatic hydroxyl groups is 1. The number of carbonyl (C=O) groups is 1. The SMILES string of the molecule is O=C(COc1cccc(CO)c1)NC1CCCCCC1. The van der Waals surface area contributed by atoms with Crippen LogP contribution in [0.2, 0.25) is 0 Å². The zero-order chi connectivity index (χ0) is 14.2. The number of nitrogens with one attached hydrogen (secondary N) is 1. The highest BCUT2D eigenvalue weighted by molar-refractivity contribution is 5.77. The quantitative estimate of drug-likeness (QED) is 0.813. The number of aliphatic hydroxyl groups excluding tert-OH is 1. The summed E-state index contributed by atoms with van der Waals surface area (Å²) in [6.45, 7) is 0.0108. The molecule has 20 heavy (non-hydrogen) atoms. The zero-order valence-electron chi connectivity index (χ0n) is 11.8. The molecule has 0 aliphatic heterocycles. The fourth-order valence-electron chi connectivity index (χ4n) is 2.58. The second-order valence-electron chi connectivity index (χ2n) is 5.35. The number of hydrogen-bond donors (Lipinski definition) is 2. The van der Waals surface area contributed by atoms with Crippen LogP contribution in [0.15, 0.2) is 24.3 Å². The molecule has 4 heteroatoms. The van der Waals surface area contributed by atoms with Gasteiger partial charge >= 0.3 is 0 Å². The van der Waals surface area contributed by atoms with E-state index >= 15 is 0 Å². The monoisotopic (exact) mass is 277 g/mol. The molecular weight excluding hydrogens is 254 g/mol. The van der Waals surface area contributed by atoms with Crippen LogP contribution in [0.5, 0.6) is 5.75 Å². The van der Waals surface area contributed by atoms with E-state index in [0.29, 0.717) is 11.8 Å². The standard InChI is InChI=1S/C16H23NO3/c18-11-13-6-5-9-15(10-13)20-12-16(19)17-14-7-3-1-2-4-8-14/h5-6,9-10,14,18H,1-4,7-8,11-12H2,(H,17,19). The lowest BCUT2D eigenvalue weighted by Gasteiger charge is -2.16. The molecule has 2 N–H and O–H groups in total. The van der Waals surface area contributed by atoms with Crippen LogP contribution in [0.4, 0.5) is 0 Å². The molecule has 0 aromatic heterocycles. The minimum absolute atomic E-state index is 0.0224. The molecule has 0 radical (unpaired) electrons. The average Bonchev–Trinajstić information content (AvgIpc) is 2.74. The maximum absolute atomic E-state index is 11.9. The van der Waals surface area contributed by atoms with Crippen LogP contribution in [0.1, 0.15) is 44.1 Å². The number of hydrogen-bond acceptors (Lipinski definition) is 3. The summed E-state index contributed by atoms with van der Waals surface area (Å²) >= 11 is 0. The van der Waals surface area contributed by atoms with Crippen molar-refractivity contribution < 1.29 is 14.6 Å². The van der Waals surface area contributed by atoms with E-state index < -0.39 is 0 Å². The predicted octanol–water partition coefficient (Wildman–Crippen LogP) is 2.40. The molecular formula is C16H23NO3. The van der Waals surface area contributed by atoms with Crippen LogP contribution in [-0.2, 0) is 11.4 Å². The summed E-state index contributed by atoms with van der Waals surface area (Å²) in [7, 11) is 0. The Morgan fingerprint density at radius 3 is 2.70 bits per heavy atom. The Bertz CT molecular complexity index is 425. The maximum atomic E-state index is 11.9. The van der Waals surface area contributed by atoms with Gasteiger partial charge in [-0.05, 0) is 30.5 Å². The van der Waals surface area contributed by atoms with Crippen molar-refractivity contribution in [1.82, 2.24) is 5.32 Å². The van der Waals surface area contributed by atoms with Crippen molar-refractivity contribution >= 4 is 5.91 Å². The van der Waals surface area contributed by atoms with Gasteiger partial charge in [-0.25, -0.2) is 0 Å². The number of amides is 1. The normalized spacial score (nSPS) is 16.4. The molecule has 0 saturated heterocycles. The van der Waals surface area contributed by atoms with Crippen molar-refractivity contribution in [2.45, 2.75) is 51.2 Å². The summed E-state index contributed by atoms with van der Waals surface area (Å²) in [6, 6.07) is 7.47. The van der Waals surface area contributed by atoms with Gasteiger partial charge in [0.2, 0.25) is 0 Å². The molecule has 1 aliphatic carbocycles. The summed E-state index contributed by atoms with van der Waals surface area (Å²) in [4.78, 5) is 11.9. The Kier molecular flexibility index (Phi) is 5.87. The fraction of sp³-hybridized carbons (Fsp3) is 0.562. The van der Waals surface area contributed by atoms with E-state index in [0.717, 1.165) is 18.4 Å². The van der Waals surface area contributed by atoms with Crippen molar-refractivity contribution in [1.29, 1.82) is 0 Å². The van der Waals surface area contributed by atoms with Gasteiger partial charge in [0, 0.05) is 6.04 Å². The smallest absolute Gasteiger partial charge is 0.258 e. The third kappa shape index (κ3) is 4.85. The van der Waals surface area contributed by atoms with E-state index in [4.69, 9.17) is 9.84 Å². The van der Waals surface area contributed by atoms with Crippen LogP contribution < -0.4 is 10.1 Å². The zero-order valence-corrected chi connectivity index (χ0v) is 11.8. The summed E-state index contributed by atoms with van der Waals surface area (Å²) in [5.41, 5.74) is 0.784. The second-order valence-corrected chi connectivity index (χ2v) is 5.35. The van der Waals surface area contributed by atoms with Crippen molar-refractivity contribution in [3.63, 3.8) is 0 Å². The Balaban J connectivity index is 1.76. The van der Waals surface area contributed by atoms with Crippen LogP contribution >= 0.6 is 0 Å². The molecule has 1 saturated carbocycles. The first-order chi connectivity index (χ1) is 9.78. The largest absolute Gasteiger partial charge is 0.484 e. The van der Waals surface area contributed by atoms with Gasteiger partial charge < -0.3 is 15.2 Å². The number of benzene rings is 1. The van der Waals surface area contributed by atoms with E-state index in [1.807, 2.05) is 12.1 Å². The van der Waals surface area contributed by atoms with Gasteiger partial charge in [0.15, 0.2) is 6.61 Å². The van der Waals surface area contributed by atoms with Gasteiger partial charge in [-0.3, -0.25) is 4.79 Å². The predicted molar refractivity (Wildman–Crippen MR) is 77.5 cm³/mol. The molecule has 0 spiro atoms. The third-order valence-corrected chi connectivity index (χ3v) is 3.67. The van der Waals surface area contributed by atoms with Gasteiger partial charge in [-0.1, -0.05) is 37.8 Å². The van der Waals surface area contributed by atoms with E-state index in [1.165, 1.54) is 25.7 Å². The Morgan fingerprint density at radius 2 is 2.00 bits per heavy atom. The highest BCUT2D eigenvalue weighted by atomic mass is 16.5. The van der Waals surface area contributed by atoms with Gasteiger partial charge in [0.05, 0.1) is 6.61 Å². The Morgan fingerprint density at radius 1 is 1.25 bits per heavy atom. The van der Waals surface area contributed by atoms with Gasteiger partial charge in [0.25, 0.3) is 5.91 Å². The molecule has 4 nitrogen and oxygen atoms in total. The summed E-state index contributed by atoms with van der Waals surface area (Å²) in [6.07, 6.45) is 7.10. The Hall–Kier alpha value is -1.55. The van der Waals surface area contributed by atoms with Crippen molar-refractivity contribution in [2.24, 2.45) is 0 Å². The topological polar surface area (TPSA) is 58.6 Å². The Labute approximate surface area is 120 Å². The molecule has 110 valence electrons. The van der Waals surface area contributed by atoms with Crippen molar-refractivity contribution in [2.75, 3.05) is 6.61 Å². The van der Waals surface area contributed by atoms with Crippen LogP contribution in [0, 0.1) is 0 Å². The van der Waals surface area contributed by atoms with E-state index in [-0.39, 0.29) is 19.1 Å².